The van der Waals surface area contributed by atoms with Crippen LogP contribution in [0.4, 0.5) is 19.0 Å². The molecule has 10 heteroatoms. The zero-order chi connectivity index (χ0) is 19.9. The molecule has 4 heterocycles. The van der Waals surface area contributed by atoms with E-state index in [1.807, 2.05) is 0 Å². The molecule has 0 aliphatic rings. The Bertz CT molecular complexity index is 1150. The molecule has 0 unspecified atom stereocenters. The summed E-state index contributed by atoms with van der Waals surface area (Å²) >= 11 is 0. The summed E-state index contributed by atoms with van der Waals surface area (Å²) in [6.07, 6.45) is -0.350. The summed E-state index contributed by atoms with van der Waals surface area (Å²) in [7, 11) is 0. The van der Waals surface area contributed by atoms with Crippen LogP contribution in [0.2, 0.25) is 0 Å². The number of aryl methyl sites for hydroxylation is 1. The Kier molecular flexibility index (Phi) is 4.10. The van der Waals surface area contributed by atoms with Crippen LogP contribution in [-0.4, -0.2) is 25.3 Å². The van der Waals surface area contributed by atoms with Gasteiger partial charge in [0.2, 0.25) is 0 Å². The molecule has 4 rings (SSSR count). The number of nitrogens with one attached hydrogen (secondary N) is 1. The summed E-state index contributed by atoms with van der Waals surface area (Å²) in [4.78, 5) is 24.1. The third-order valence-corrected chi connectivity index (χ3v) is 4.01. The number of alkyl halides is 3. The molecule has 0 radical (unpaired) electrons. The molecule has 0 saturated heterocycles. The molecule has 0 fully saturated rings. The largest absolute Gasteiger partial charge is 0.464 e. The molecular formula is C18H12F3N5O2. The highest BCUT2D eigenvalue weighted by atomic mass is 19.4. The number of carbonyl (C=O) groups excluding carboxylic acids is 1. The van der Waals surface area contributed by atoms with Crippen molar-refractivity contribution in [2.24, 2.45) is 0 Å². The first-order valence-electron chi connectivity index (χ1n) is 8.06. The Morgan fingerprint density at radius 1 is 1.21 bits per heavy atom. The first-order chi connectivity index (χ1) is 13.3. The Hall–Kier alpha value is -3.69. The smallest absolute Gasteiger partial charge is 0.433 e. The van der Waals surface area contributed by atoms with Gasteiger partial charge in [-0.15, -0.1) is 0 Å². The Morgan fingerprint density at radius 3 is 2.68 bits per heavy atom. The summed E-state index contributed by atoms with van der Waals surface area (Å²) in [6.45, 7) is 1.47. The van der Waals surface area contributed by atoms with Crippen molar-refractivity contribution < 1.29 is 22.4 Å². The topological polar surface area (TPSA) is 85.3 Å². The molecule has 0 saturated carbocycles. The SMILES string of the molecule is Cc1cc(C(F)(F)F)nc2c(C(=O)Nc3ccc(-c4ccco4)cn3)ncn12. The van der Waals surface area contributed by atoms with Crippen molar-refractivity contribution in [1.82, 2.24) is 19.4 Å². The predicted molar refractivity (Wildman–Crippen MR) is 92.6 cm³/mol. The molecule has 1 N–H and O–H groups in total. The molecule has 0 spiro atoms. The molecule has 0 aliphatic heterocycles. The van der Waals surface area contributed by atoms with Crippen LogP contribution < -0.4 is 5.32 Å². The molecule has 28 heavy (non-hydrogen) atoms. The second-order valence-electron chi connectivity index (χ2n) is 5.93. The van der Waals surface area contributed by atoms with Gasteiger partial charge < -0.3 is 9.73 Å². The van der Waals surface area contributed by atoms with Crippen LogP contribution in [0.3, 0.4) is 0 Å². The summed E-state index contributed by atoms with van der Waals surface area (Å²) in [5, 5.41) is 2.51. The molecule has 0 bridgehead atoms. The minimum atomic E-state index is -4.63. The standard InChI is InChI=1S/C18H12F3N5O2/c1-10-7-13(18(19,20)21)24-16-15(23-9-26(10)16)17(27)25-14-5-4-11(8-22-14)12-3-2-6-28-12/h2-9H,1H3,(H,22,25,27). The van der Waals surface area contributed by atoms with Gasteiger partial charge in [-0.25, -0.2) is 15.0 Å². The summed E-state index contributed by atoms with van der Waals surface area (Å²) in [6, 6.07) is 7.63. The number of aromatic nitrogens is 4. The number of halogens is 3. The first kappa shape index (κ1) is 17.7. The fraction of sp³-hybridized carbons (Fsp3) is 0.111. The van der Waals surface area contributed by atoms with E-state index in [4.69, 9.17) is 4.42 Å². The van der Waals surface area contributed by atoms with Gasteiger partial charge in [0.15, 0.2) is 11.3 Å². The molecule has 4 aromatic heterocycles. The quantitative estimate of drug-likeness (QED) is 0.575. The third-order valence-electron chi connectivity index (χ3n) is 4.01. The molecule has 4 aromatic rings. The van der Waals surface area contributed by atoms with Gasteiger partial charge in [-0.1, -0.05) is 0 Å². The van der Waals surface area contributed by atoms with Crippen molar-refractivity contribution in [3.8, 4) is 11.3 Å². The summed E-state index contributed by atoms with van der Waals surface area (Å²) in [5.41, 5.74) is -0.538. The molecule has 0 atom stereocenters. The van der Waals surface area contributed by atoms with Crippen molar-refractivity contribution in [3.63, 3.8) is 0 Å². The van der Waals surface area contributed by atoms with Gasteiger partial charge in [-0.05, 0) is 37.3 Å². The zero-order valence-electron chi connectivity index (χ0n) is 14.4. The van der Waals surface area contributed by atoms with Crippen LogP contribution in [0.15, 0.2) is 53.5 Å². The number of hydrogen-bond acceptors (Lipinski definition) is 5. The van der Waals surface area contributed by atoms with Gasteiger partial charge in [0, 0.05) is 17.5 Å². The number of imidazole rings is 1. The van der Waals surface area contributed by atoms with E-state index in [1.165, 1.54) is 30.1 Å². The number of anilines is 1. The minimum absolute atomic E-state index is 0.183. The van der Waals surface area contributed by atoms with E-state index < -0.39 is 17.8 Å². The lowest BCUT2D eigenvalue weighted by atomic mass is 10.2. The number of hydrogen-bond donors (Lipinski definition) is 1. The van der Waals surface area contributed by atoms with Crippen molar-refractivity contribution in [2.45, 2.75) is 13.1 Å². The van der Waals surface area contributed by atoms with Crippen LogP contribution in [0.25, 0.3) is 17.0 Å². The van der Waals surface area contributed by atoms with Crippen molar-refractivity contribution in [1.29, 1.82) is 0 Å². The fourth-order valence-electron chi connectivity index (χ4n) is 2.66. The third kappa shape index (κ3) is 3.20. The summed E-state index contributed by atoms with van der Waals surface area (Å²) in [5.74, 6) is 0.113. The first-order valence-corrected chi connectivity index (χ1v) is 8.06. The van der Waals surface area contributed by atoms with Gasteiger partial charge in [0.25, 0.3) is 5.91 Å². The van der Waals surface area contributed by atoms with Crippen LogP contribution in [0.5, 0.6) is 0 Å². The lowest BCUT2D eigenvalue weighted by Gasteiger charge is -2.09. The van der Waals surface area contributed by atoms with Crippen LogP contribution in [-0.2, 0) is 6.18 Å². The van der Waals surface area contributed by atoms with Crippen LogP contribution >= 0.6 is 0 Å². The van der Waals surface area contributed by atoms with Gasteiger partial charge in [-0.3, -0.25) is 9.20 Å². The van der Waals surface area contributed by atoms with Crippen molar-refractivity contribution >= 4 is 17.4 Å². The van der Waals surface area contributed by atoms with E-state index in [2.05, 4.69) is 20.3 Å². The van der Waals surface area contributed by atoms with Gasteiger partial charge in [0.1, 0.15) is 23.6 Å². The van der Waals surface area contributed by atoms with Crippen LogP contribution in [0.1, 0.15) is 21.9 Å². The highest BCUT2D eigenvalue weighted by Gasteiger charge is 2.34. The van der Waals surface area contributed by atoms with Gasteiger partial charge in [0.05, 0.1) is 6.26 Å². The maximum absolute atomic E-state index is 13.0. The maximum atomic E-state index is 13.0. The number of carbonyl (C=O) groups is 1. The highest BCUT2D eigenvalue weighted by molar-refractivity contribution is 6.06. The van der Waals surface area contributed by atoms with Gasteiger partial charge in [-0.2, -0.15) is 13.2 Å². The molecule has 0 aliphatic carbocycles. The second-order valence-corrected chi connectivity index (χ2v) is 5.93. The molecule has 7 nitrogen and oxygen atoms in total. The van der Waals surface area contributed by atoms with E-state index in [-0.39, 0.29) is 22.9 Å². The van der Waals surface area contributed by atoms with E-state index >= 15 is 0 Å². The minimum Gasteiger partial charge on any atom is -0.464 e. The van der Waals surface area contributed by atoms with E-state index in [0.29, 0.717) is 11.3 Å². The maximum Gasteiger partial charge on any atom is 0.433 e. The molecule has 0 aromatic carbocycles. The number of fused-ring (bicyclic) bond motifs is 1. The van der Waals surface area contributed by atoms with Crippen molar-refractivity contribution in [2.75, 3.05) is 5.32 Å². The Labute approximate surface area is 155 Å². The normalized spacial score (nSPS) is 11.7. The molecular weight excluding hydrogens is 375 g/mol. The van der Waals surface area contributed by atoms with E-state index in [0.717, 1.165) is 6.07 Å². The lowest BCUT2D eigenvalue weighted by Crippen LogP contribution is -2.16. The number of nitrogens with zero attached hydrogens (tertiary/aromatic N) is 4. The van der Waals surface area contributed by atoms with Crippen LogP contribution in [0, 0.1) is 6.92 Å². The predicted octanol–water partition coefficient (Wildman–Crippen LogP) is 3.96. The number of amides is 1. The fourth-order valence-corrected chi connectivity index (χ4v) is 2.66. The molecule has 1 amide bonds. The van der Waals surface area contributed by atoms with E-state index in [1.54, 1.807) is 24.3 Å². The molecule has 142 valence electrons. The van der Waals surface area contributed by atoms with Gasteiger partial charge >= 0.3 is 6.18 Å². The average molecular weight is 387 g/mol. The summed E-state index contributed by atoms with van der Waals surface area (Å²) < 4.78 is 45.7. The van der Waals surface area contributed by atoms with E-state index in [9.17, 15) is 18.0 Å². The lowest BCUT2D eigenvalue weighted by molar-refractivity contribution is -0.141. The Morgan fingerprint density at radius 2 is 2.04 bits per heavy atom. The number of pyridine rings is 1. The average Bonchev–Trinajstić information content (AvgIpc) is 3.31. The number of furan rings is 1. The number of rotatable bonds is 3. The highest BCUT2D eigenvalue weighted by Crippen LogP contribution is 2.29. The monoisotopic (exact) mass is 387 g/mol. The second kappa shape index (κ2) is 6.48. The van der Waals surface area contributed by atoms with Crippen molar-refractivity contribution in [3.05, 3.63) is 66.2 Å². The Balaban J connectivity index is 1.63. The zero-order valence-corrected chi connectivity index (χ0v) is 14.4.